The van der Waals surface area contributed by atoms with Gasteiger partial charge in [-0.3, -0.25) is 9.69 Å². The van der Waals surface area contributed by atoms with Gasteiger partial charge in [-0.15, -0.1) is 0 Å². The maximum atomic E-state index is 12.9. The van der Waals surface area contributed by atoms with Gasteiger partial charge in [-0.2, -0.15) is 0 Å². The molecule has 1 aromatic heterocycles. The largest absolute Gasteiger partial charge is 0.497 e. The van der Waals surface area contributed by atoms with Crippen molar-refractivity contribution in [2.24, 2.45) is 0 Å². The number of nitrogens with zero attached hydrogens (tertiary/aromatic N) is 3. The van der Waals surface area contributed by atoms with Gasteiger partial charge in [0.2, 0.25) is 5.75 Å². The summed E-state index contributed by atoms with van der Waals surface area (Å²) in [5, 5.41) is 4.08. The lowest BCUT2D eigenvalue weighted by atomic mass is 10.1. The summed E-state index contributed by atoms with van der Waals surface area (Å²) < 4.78 is 23.7. The third kappa shape index (κ3) is 6.56. The first-order valence-corrected chi connectivity index (χ1v) is 13.6. The minimum atomic E-state index is -0.159. The number of anilines is 1. The molecule has 200 valence electrons. The second kappa shape index (κ2) is 12.8. The van der Waals surface area contributed by atoms with Crippen LogP contribution < -0.4 is 29.2 Å². The predicted octanol–water partition coefficient (Wildman–Crippen LogP) is 4.05. The predicted molar refractivity (Wildman–Crippen MR) is 147 cm³/mol. The maximum absolute atomic E-state index is 12.9. The van der Waals surface area contributed by atoms with E-state index < -0.39 is 0 Å². The minimum Gasteiger partial charge on any atom is -0.497 e. The topological polar surface area (TPSA) is 85.4 Å². The van der Waals surface area contributed by atoms with Gasteiger partial charge in [0.1, 0.15) is 5.75 Å². The van der Waals surface area contributed by atoms with Gasteiger partial charge < -0.3 is 29.2 Å². The Hall–Kier alpha value is -3.24. The van der Waals surface area contributed by atoms with Crippen molar-refractivity contribution in [1.82, 2.24) is 15.2 Å². The Morgan fingerprint density at radius 2 is 1.65 bits per heavy atom. The molecule has 0 atom stereocenters. The van der Waals surface area contributed by atoms with E-state index in [1.165, 1.54) is 0 Å². The molecule has 3 aromatic rings. The summed E-state index contributed by atoms with van der Waals surface area (Å²) in [6.45, 7) is 12.1. The number of carbonyl (C=O) groups excluding carboxylic acids is 1. The summed E-state index contributed by atoms with van der Waals surface area (Å²) in [5.41, 5.74) is 1.49. The summed E-state index contributed by atoms with van der Waals surface area (Å²) in [5.74, 6) is 2.26. The van der Waals surface area contributed by atoms with Crippen LogP contribution in [-0.4, -0.2) is 82.0 Å². The molecule has 0 radical (unpaired) electrons. The number of hydrogen-bond acceptors (Lipinski definition) is 9. The lowest BCUT2D eigenvalue weighted by molar-refractivity contribution is 0.0946. The molecule has 2 heterocycles. The first kappa shape index (κ1) is 26.8. The summed E-state index contributed by atoms with van der Waals surface area (Å²) >= 11 is 1.70. The number of aromatic nitrogens is 1. The number of benzene rings is 2. The molecule has 0 unspecified atom stereocenters. The second-order valence-corrected chi connectivity index (χ2v) is 9.52. The van der Waals surface area contributed by atoms with E-state index in [1.54, 1.807) is 30.6 Å². The lowest BCUT2D eigenvalue weighted by Gasteiger charge is -2.34. The van der Waals surface area contributed by atoms with E-state index in [9.17, 15) is 4.79 Å². The first-order valence-electron chi connectivity index (χ1n) is 12.8. The number of methoxy groups -OCH3 is 1. The molecule has 1 aliphatic heterocycles. The molecule has 37 heavy (non-hydrogen) atoms. The molecule has 0 spiro atoms. The van der Waals surface area contributed by atoms with Gasteiger partial charge in [0.15, 0.2) is 16.6 Å². The van der Waals surface area contributed by atoms with Crippen molar-refractivity contribution in [2.75, 3.05) is 71.1 Å². The molecule has 1 aliphatic rings. The van der Waals surface area contributed by atoms with Gasteiger partial charge in [0.05, 0.1) is 37.1 Å². The van der Waals surface area contributed by atoms with Crippen LogP contribution in [0.1, 0.15) is 31.1 Å². The van der Waals surface area contributed by atoms with E-state index in [0.717, 1.165) is 53.8 Å². The van der Waals surface area contributed by atoms with E-state index in [4.69, 9.17) is 23.9 Å². The van der Waals surface area contributed by atoms with Crippen LogP contribution in [0.3, 0.4) is 0 Å². The monoisotopic (exact) mass is 528 g/mol. The highest BCUT2D eigenvalue weighted by atomic mass is 32.1. The summed E-state index contributed by atoms with van der Waals surface area (Å²) in [4.78, 5) is 22.4. The number of piperazine rings is 1. The van der Waals surface area contributed by atoms with Crippen LogP contribution in [0.4, 0.5) is 5.13 Å². The number of carbonyl (C=O) groups is 1. The third-order valence-corrected chi connectivity index (χ3v) is 7.19. The van der Waals surface area contributed by atoms with Crippen molar-refractivity contribution >= 4 is 32.6 Å². The van der Waals surface area contributed by atoms with Crippen LogP contribution in [0.25, 0.3) is 10.2 Å². The SMILES string of the molecule is CCOc1cc(C(=O)NCCN2CCN(c3nc4ccc(OC)cc4s3)CC2)cc(OCC)c1OCC. The number of rotatable bonds is 12. The maximum Gasteiger partial charge on any atom is 0.251 e. The summed E-state index contributed by atoms with van der Waals surface area (Å²) in [6, 6.07) is 9.43. The smallest absolute Gasteiger partial charge is 0.251 e. The first-order chi connectivity index (χ1) is 18.1. The Balaban J connectivity index is 1.30. The normalized spacial score (nSPS) is 14.0. The number of fused-ring (bicyclic) bond motifs is 1. The fraction of sp³-hybridized carbons (Fsp3) is 0.481. The van der Waals surface area contributed by atoms with E-state index in [2.05, 4.69) is 15.1 Å². The molecule has 0 bridgehead atoms. The Kier molecular flexibility index (Phi) is 9.29. The van der Waals surface area contributed by atoms with Crippen LogP contribution in [0.5, 0.6) is 23.0 Å². The van der Waals surface area contributed by atoms with Crippen LogP contribution in [0.15, 0.2) is 30.3 Å². The molecule has 9 nitrogen and oxygen atoms in total. The van der Waals surface area contributed by atoms with Gasteiger partial charge in [0.25, 0.3) is 5.91 Å². The zero-order valence-corrected chi connectivity index (χ0v) is 22.9. The highest BCUT2D eigenvalue weighted by Crippen LogP contribution is 2.39. The second-order valence-electron chi connectivity index (χ2n) is 8.52. The van der Waals surface area contributed by atoms with Crippen molar-refractivity contribution in [3.8, 4) is 23.0 Å². The minimum absolute atomic E-state index is 0.159. The van der Waals surface area contributed by atoms with E-state index in [1.807, 2.05) is 39.0 Å². The number of amides is 1. The zero-order chi connectivity index (χ0) is 26.2. The Morgan fingerprint density at radius 3 is 2.27 bits per heavy atom. The fourth-order valence-corrected chi connectivity index (χ4v) is 5.31. The van der Waals surface area contributed by atoms with Crippen LogP contribution in [0.2, 0.25) is 0 Å². The molecule has 2 aromatic carbocycles. The van der Waals surface area contributed by atoms with Gasteiger partial charge in [0, 0.05) is 44.8 Å². The summed E-state index contributed by atoms with van der Waals surface area (Å²) in [6.07, 6.45) is 0. The highest BCUT2D eigenvalue weighted by Gasteiger charge is 2.21. The number of thiazole rings is 1. The average Bonchev–Trinajstić information content (AvgIpc) is 3.34. The molecular weight excluding hydrogens is 492 g/mol. The number of ether oxygens (including phenoxy) is 4. The van der Waals surface area contributed by atoms with Crippen LogP contribution >= 0.6 is 11.3 Å². The summed E-state index contributed by atoms with van der Waals surface area (Å²) in [7, 11) is 1.68. The molecule has 1 N–H and O–H groups in total. The van der Waals surface area contributed by atoms with Crippen molar-refractivity contribution in [1.29, 1.82) is 0 Å². The van der Waals surface area contributed by atoms with Crippen molar-refractivity contribution in [3.63, 3.8) is 0 Å². The third-order valence-electron chi connectivity index (χ3n) is 6.11. The van der Waals surface area contributed by atoms with Gasteiger partial charge in [-0.05, 0) is 51.1 Å². The molecule has 10 heteroatoms. The average molecular weight is 529 g/mol. The number of nitrogens with one attached hydrogen (secondary N) is 1. The molecule has 0 aliphatic carbocycles. The number of hydrogen-bond donors (Lipinski definition) is 1. The molecule has 1 fully saturated rings. The van der Waals surface area contributed by atoms with E-state index in [0.29, 0.717) is 49.2 Å². The van der Waals surface area contributed by atoms with Crippen LogP contribution in [0, 0.1) is 0 Å². The molecule has 4 rings (SSSR count). The fourth-order valence-electron chi connectivity index (χ4n) is 4.27. The molecular formula is C27H36N4O5S. The highest BCUT2D eigenvalue weighted by molar-refractivity contribution is 7.22. The van der Waals surface area contributed by atoms with Crippen LogP contribution in [-0.2, 0) is 0 Å². The Labute approximate surface area is 222 Å². The van der Waals surface area contributed by atoms with Gasteiger partial charge in [-0.25, -0.2) is 4.98 Å². The zero-order valence-electron chi connectivity index (χ0n) is 22.0. The molecule has 0 saturated carbocycles. The van der Waals surface area contributed by atoms with Gasteiger partial charge in [-0.1, -0.05) is 11.3 Å². The Bertz CT molecular complexity index is 1170. The Morgan fingerprint density at radius 1 is 0.973 bits per heavy atom. The van der Waals surface area contributed by atoms with E-state index in [-0.39, 0.29) is 5.91 Å². The van der Waals surface area contributed by atoms with E-state index >= 15 is 0 Å². The quantitative estimate of drug-likeness (QED) is 0.377. The molecule has 1 amide bonds. The van der Waals surface area contributed by atoms with Crippen molar-refractivity contribution in [2.45, 2.75) is 20.8 Å². The van der Waals surface area contributed by atoms with Crippen molar-refractivity contribution in [3.05, 3.63) is 35.9 Å². The molecule has 1 saturated heterocycles. The standard InChI is InChI=1S/C27H36N4O5S/c1-5-34-22-16-19(17-23(35-6-2)25(22)36-7-3)26(32)28-10-11-30-12-14-31(15-13-30)27-29-21-9-8-20(33-4)18-24(21)37-27/h8-9,16-18H,5-7,10-15H2,1-4H3,(H,28,32). The lowest BCUT2D eigenvalue weighted by Crippen LogP contribution is -2.48. The van der Waals surface area contributed by atoms with Gasteiger partial charge >= 0.3 is 0 Å². The van der Waals surface area contributed by atoms with Crippen molar-refractivity contribution < 1.29 is 23.7 Å².